The van der Waals surface area contributed by atoms with Crippen LogP contribution in [0.3, 0.4) is 0 Å². The Labute approximate surface area is 131 Å². The summed E-state index contributed by atoms with van der Waals surface area (Å²) in [7, 11) is 0. The van der Waals surface area contributed by atoms with Crippen LogP contribution in [0.4, 0.5) is 18.9 Å². The summed E-state index contributed by atoms with van der Waals surface area (Å²) in [4.78, 5) is 23.6. The van der Waals surface area contributed by atoms with Crippen molar-refractivity contribution in [3.63, 3.8) is 0 Å². The smallest absolute Gasteiger partial charge is 0.326 e. The first kappa shape index (κ1) is 17.3. The van der Waals surface area contributed by atoms with Gasteiger partial charge in [0.2, 0.25) is 5.91 Å². The van der Waals surface area contributed by atoms with Gasteiger partial charge in [0.05, 0.1) is 11.1 Å². The van der Waals surface area contributed by atoms with E-state index in [4.69, 9.17) is 5.84 Å². The third-order valence-corrected chi connectivity index (χ3v) is 3.94. The van der Waals surface area contributed by atoms with E-state index in [9.17, 15) is 22.8 Å². The number of anilines is 1. The van der Waals surface area contributed by atoms with Gasteiger partial charge in [0.1, 0.15) is 0 Å². The first-order chi connectivity index (χ1) is 10.8. The summed E-state index contributed by atoms with van der Waals surface area (Å²) in [5, 5.41) is 2.51. The average Bonchev–Trinajstić information content (AvgIpc) is 2.54. The van der Waals surface area contributed by atoms with Gasteiger partial charge in [-0.05, 0) is 31.0 Å². The Kier molecular flexibility index (Phi) is 5.25. The van der Waals surface area contributed by atoms with Crippen LogP contribution in [0.2, 0.25) is 0 Å². The Hall–Kier alpha value is -2.09. The van der Waals surface area contributed by atoms with Gasteiger partial charge < -0.3 is 5.32 Å². The van der Waals surface area contributed by atoms with Crippen LogP contribution >= 0.6 is 0 Å². The molecule has 1 fully saturated rings. The molecule has 0 unspecified atom stereocenters. The Balaban J connectivity index is 2.23. The van der Waals surface area contributed by atoms with Gasteiger partial charge in [-0.3, -0.25) is 15.0 Å². The zero-order valence-electron chi connectivity index (χ0n) is 12.4. The maximum atomic E-state index is 13.1. The molecule has 0 bridgehead atoms. The normalized spacial score (nSPS) is 16.0. The molecule has 126 valence electrons. The lowest BCUT2D eigenvalue weighted by Crippen LogP contribution is -2.32. The van der Waals surface area contributed by atoms with Crippen molar-refractivity contribution in [3.8, 4) is 0 Å². The van der Waals surface area contributed by atoms with E-state index in [0.717, 1.165) is 44.2 Å². The van der Waals surface area contributed by atoms with Gasteiger partial charge in [0.15, 0.2) is 0 Å². The molecule has 5 nitrogen and oxygen atoms in total. The summed E-state index contributed by atoms with van der Waals surface area (Å²) in [6.45, 7) is 0. The second-order valence-electron chi connectivity index (χ2n) is 5.56. The zero-order valence-corrected chi connectivity index (χ0v) is 12.4. The Bertz CT molecular complexity index is 596. The highest BCUT2D eigenvalue weighted by Gasteiger charge is 2.35. The number of nitrogen functional groups attached to an aromatic ring is 1. The van der Waals surface area contributed by atoms with Crippen molar-refractivity contribution in [2.75, 3.05) is 5.32 Å². The largest absolute Gasteiger partial charge is 0.417 e. The number of benzene rings is 1. The lowest BCUT2D eigenvalue weighted by atomic mass is 9.88. The lowest BCUT2D eigenvalue weighted by molar-refractivity contribution is -0.138. The number of hydrogen-bond acceptors (Lipinski definition) is 3. The molecule has 1 aromatic carbocycles. The van der Waals surface area contributed by atoms with E-state index in [0.29, 0.717) is 0 Å². The van der Waals surface area contributed by atoms with Gasteiger partial charge in [-0.1, -0.05) is 19.3 Å². The molecule has 0 heterocycles. The van der Waals surface area contributed by atoms with E-state index >= 15 is 0 Å². The molecular formula is C15H18F3N3O2. The molecule has 8 heteroatoms. The number of nitrogens with one attached hydrogen (secondary N) is 2. The molecule has 1 aliphatic carbocycles. The molecule has 2 amide bonds. The fraction of sp³-hybridized carbons (Fsp3) is 0.467. The first-order valence-corrected chi connectivity index (χ1v) is 7.36. The quantitative estimate of drug-likeness (QED) is 0.453. The van der Waals surface area contributed by atoms with E-state index in [2.05, 4.69) is 5.32 Å². The molecule has 0 aliphatic heterocycles. The molecule has 0 atom stereocenters. The second kappa shape index (κ2) is 6.99. The number of carbonyl (C=O) groups is 2. The monoisotopic (exact) mass is 329 g/mol. The summed E-state index contributed by atoms with van der Waals surface area (Å²) in [6.07, 6.45) is -0.279. The lowest BCUT2D eigenvalue weighted by Gasteiger charge is -2.21. The van der Waals surface area contributed by atoms with Crippen LogP contribution in [0.1, 0.15) is 48.0 Å². The number of hydrazine groups is 1. The minimum Gasteiger partial charge on any atom is -0.326 e. The van der Waals surface area contributed by atoms with E-state index in [1.807, 2.05) is 0 Å². The molecule has 23 heavy (non-hydrogen) atoms. The van der Waals surface area contributed by atoms with Crippen LogP contribution in [-0.2, 0) is 11.0 Å². The van der Waals surface area contributed by atoms with Crippen LogP contribution in [0.15, 0.2) is 18.2 Å². The van der Waals surface area contributed by atoms with Gasteiger partial charge >= 0.3 is 6.18 Å². The van der Waals surface area contributed by atoms with Gasteiger partial charge in [0, 0.05) is 11.6 Å². The maximum Gasteiger partial charge on any atom is 0.417 e. The highest BCUT2D eigenvalue weighted by molar-refractivity contribution is 5.97. The van der Waals surface area contributed by atoms with E-state index in [1.54, 1.807) is 5.43 Å². The maximum absolute atomic E-state index is 13.1. The van der Waals surface area contributed by atoms with Crippen molar-refractivity contribution in [1.29, 1.82) is 0 Å². The van der Waals surface area contributed by atoms with Crippen molar-refractivity contribution in [3.05, 3.63) is 29.3 Å². The van der Waals surface area contributed by atoms with Gasteiger partial charge in [-0.25, -0.2) is 5.84 Å². The van der Waals surface area contributed by atoms with E-state index < -0.39 is 23.2 Å². The highest BCUT2D eigenvalue weighted by atomic mass is 19.4. The van der Waals surface area contributed by atoms with Crippen molar-refractivity contribution in [2.45, 2.75) is 38.3 Å². The molecule has 2 rings (SSSR count). The summed E-state index contributed by atoms with van der Waals surface area (Å²) in [5.74, 6) is 3.40. The third kappa shape index (κ3) is 4.22. The molecule has 0 saturated heterocycles. The van der Waals surface area contributed by atoms with Crippen molar-refractivity contribution in [1.82, 2.24) is 5.43 Å². The SMILES string of the molecule is NNC(=O)c1ccc(NC(=O)C2CCCCC2)cc1C(F)(F)F. The predicted molar refractivity (Wildman–Crippen MR) is 78.3 cm³/mol. The third-order valence-electron chi connectivity index (χ3n) is 3.94. The van der Waals surface area contributed by atoms with E-state index in [1.165, 1.54) is 6.07 Å². The molecular weight excluding hydrogens is 311 g/mol. The van der Waals surface area contributed by atoms with Crippen LogP contribution in [0.5, 0.6) is 0 Å². The van der Waals surface area contributed by atoms with Crippen molar-refractivity contribution in [2.24, 2.45) is 11.8 Å². The first-order valence-electron chi connectivity index (χ1n) is 7.36. The molecule has 1 aliphatic rings. The minimum atomic E-state index is -4.73. The number of amides is 2. The van der Waals surface area contributed by atoms with Gasteiger partial charge in [-0.15, -0.1) is 0 Å². The number of alkyl halides is 3. The van der Waals surface area contributed by atoms with Crippen molar-refractivity contribution < 1.29 is 22.8 Å². The van der Waals surface area contributed by atoms with Crippen LogP contribution < -0.4 is 16.6 Å². The van der Waals surface area contributed by atoms with Crippen LogP contribution in [-0.4, -0.2) is 11.8 Å². The molecule has 1 aromatic rings. The fourth-order valence-corrected chi connectivity index (χ4v) is 2.74. The van der Waals surface area contributed by atoms with E-state index in [-0.39, 0.29) is 17.5 Å². The summed E-state index contributed by atoms with van der Waals surface area (Å²) in [6, 6.07) is 3.02. The topological polar surface area (TPSA) is 84.2 Å². The second-order valence-corrected chi connectivity index (χ2v) is 5.56. The molecule has 0 radical (unpaired) electrons. The molecule has 1 saturated carbocycles. The fourth-order valence-electron chi connectivity index (χ4n) is 2.74. The molecule has 4 N–H and O–H groups in total. The Morgan fingerprint density at radius 1 is 1.13 bits per heavy atom. The average molecular weight is 329 g/mol. The summed E-state index contributed by atoms with van der Waals surface area (Å²) in [5.41, 5.74) is -0.0298. The summed E-state index contributed by atoms with van der Waals surface area (Å²) >= 11 is 0. The number of hydrogen-bond donors (Lipinski definition) is 3. The van der Waals surface area contributed by atoms with Gasteiger partial charge in [-0.2, -0.15) is 13.2 Å². The number of carbonyl (C=O) groups excluding carboxylic acids is 2. The number of nitrogens with two attached hydrogens (primary N) is 1. The predicted octanol–water partition coefficient (Wildman–Crippen LogP) is 2.83. The van der Waals surface area contributed by atoms with Crippen LogP contribution in [0.25, 0.3) is 0 Å². The highest BCUT2D eigenvalue weighted by Crippen LogP contribution is 2.34. The number of halogens is 3. The molecule has 0 aromatic heterocycles. The van der Waals surface area contributed by atoms with Crippen molar-refractivity contribution >= 4 is 17.5 Å². The zero-order chi connectivity index (χ0) is 17.0. The Morgan fingerprint density at radius 2 is 1.78 bits per heavy atom. The van der Waals surface area contributed by atoms with Crippen LogP contribution in [0, 0.1) is 5.92 Å². The Morgan fingerprint density at radius 3 is 2.35 bits per heavy atom. The molecule has 0 spiro atoms. The standard InChI is InChI=1S/C15H18F3N3O2/c16-15(17,18)12-8-10(6-7-11(12)14(23)21-19)20-13(22)9-4-2-1-3-5-9/h6-9H,1-5,19H2,(H,20,22)(H,21,23). The summed E-state index contributed by atoms with van der Waals surface area (Å²) < 4.78 is 39.3. The minimum absolute atomic E-state index is 0.0152. The van der Waals surface area contributed by atoms with Gasteiger partial charge in [0.25, 0.3) is 5.91 Å². The number of rotatable bonds is 3.